The van der Waals surface area contributed by atoms with Gasteiger partial charge in [-0.2, -0.15) is 57.1 Å². The molecule has 0 saturated carbocycles. The number of nitrogens with one attached hydrogen (secondary N) is 2. The molecule has 0 bridgehead atoms. The minimum atomic E-state index is -8.27. The van der Waals surface area contributed by atoms with Crippen LogP contribution >= 0.6 is 0 Å². The molecule has 2 amide bonds. The maximum Gasteiger partial charge on any atom is 0.460 e. The van der Waals surface area contributed by atoms with Crippen molar-refractivity contribution in [1.29, 1.82) is 0 Å². The van der Waals surface area contributed by atoms with Gasteiger partial charge in [-0.05, 0) is 20.8 Å². The number of hydrogen-bond acceptors (Lipinski definition) is 22. The zero-order valence-electron chi connectivity index (χ0n) is 44.2. The van der Waals surface area contributed by atoms with E-state index in [1.165, 1.54) is 26.1 Å². The second kappa shape index (κ2) is 28.2. The first kappa shape index (κ1) is 72.2. The van der Waals surface area contributed by atoms with Crippen LogP contribution in [0.1, 0.15) is 89.0 Å². The van der Waals surface area contributed by atoms with Gasteiger partial charge in [-0.1, -0.05) is 0 Å². The second-order valence-corrected chi connectivity index (χ2v) is 18.1. The first-order chi connectivity index (χ1) is 36.5. The highest BCUT2D eigenvalue weighted by Gasteiger charge is 2.90. The summed E-state index contributed by atoms with van der Waals surface area (Å²) in [4.78, 5) is 141. The van der Waals surface area contributed by atoms with Gasteiger partial charge in [-0.15, -0.1) is 0 Å². The summed E-state index contributed by atoms with van der Waals surface area (Å²) in [5, 5.41) is 2.96. The molecule has 2 N–H and O–H groups in total. The SMILES string of the molecule is CC(=O)OC[C@H]1O[C@@H](O[C@@H]([C@H](OC(C)=O)[C@@H](OC(C)=O)C(=O)N[C@@H](CC(=O)OC(C)(C)C)C(=O)NCCC(F)(F)C(F)(F)C(F)(F)C(F)(F)C(F)(F)C(F)(F)F)[C@@H](COC(C)=O)OC(C)=O)[C@H](OC(C)=O)[C@@H](OC(C)=O)[C@H]1OC(C)=O. The number of esters is 9. The van der Waals surface area contributed by atoms with Crippen LogP contribution in [-0.4, -0.2) is 188 Å². The Labute approximate surface area is 449 Å². The van der Waals surface area contributed by atoms with Gasteiger partial charge in [0.15, 0.2) is 36.8 Å². The normalized spacial score (nSPS) is 20.0. The molecular formula is C44H55F13N2O22. The summed E-state index contributed by atoms with van der Waals surface area (Å²) < 4.78 is 238. The van der Waals surface area contributed by atoms with Gasteiger partial charge in [0.2, 0.25) is 12.0 Å². The Hall–Kier alpha value is -6.82. The zero-order chi connectivity index (χ0) is 63.4. The minimum Gasteiger partial charge on any atom is -0.463 e. The molecule has 1 aliphatic heterocycles. The van der Waals surface area contributed by atoms with Crippen LogP contribution in [0.2, 0.25) is 0 Å². The van der Waals surface area contributed by atoms with E-state index in [0.717, 1.165) is 34.6 Å². The fourth-order valence-electron chi connectivity index (χ4n) is 6.82. The molecule has 1 fully saturated rings. The van der Waals surface area contributed by atoms with Crippen LogP contribution in [0.4, 0.5) is 57.1 Å². The van der Waals surface area contributed by atoms with Gasteiger partial charge in [0.25, 0.3) is 5.91 Å². The summed E-state index contributed by atoms with van der Waals surface area (Å²) in [5.41, 5.74) is -1.51. The first-order valence-corrected chi connectivity index (χ1v) is 22.9. The van der Waals surface area contributed by atoms with Gasteiger partial charge >= 0.3 is 89.5 Å². The van der Waals surface area contributed by atoms with Crippen LogP contribution in [0.25, 0.3) is 0 Å². The van der Waals surface area contributed by atoms with E-state index in [0.29, 0.717) is 20.8 Å². The molecule has 1 heterocycles. The molecule has 0 radical (unpaired) electrons. The van der Waals surface area contributed by atoms with Crippen molar-refractivity contribution in [2.75, 3.05) is 19.8 Å². The highest BCUT2D eigenvalue weighted by atomic mass is 19.4. The molecule has 24 nitrogen and oxygen atoms in total. The van der Waals surface area contributed by atoms with Crippen LogP contribution < -0.4 is 10.6 Å². The van der Waals surface area contributed by atoms with Crippen molar-refractivity contribution < 1.29 is 162 Å². The number of hydrogen-bond donors (Lipinski definition) is 2. The largest absolute Gasteiger partial charge is 0.463 e. The molecular weight excluding hydrogens is 1160 g/mol. The van der Waals surface area contributed by atoms with Crippen molar-refractivity contribution in [3.8, 4) is 0 Å². The van der Waals surface area contributed by atoms with Crippen LogP contribution in [0.15, 0.2) is 0 Å². The maximum absolute atomic E-state index is 14.8. The molecule has 1 aliphatic rings. The maximum atomic E-state index is 14.8. The average molecular weight is 1210 g/mol. The van der Waals surface area contributed by atoms with Gasteiger partial charge in [-0.3, -0.25) is 52.7 Å². The topological polar surface area (TPSA) is 313 Å². The molecule has 0 unspecified atom stereocenters. The summed E-state index contributed by atoms with van der Waals surface area (Å²) in [6.07, 6.45) is -33.6. The Morgan fingerprint density at radius 2 is 0.988 bits per heavy atom. The lowest BCUT2D eigenvalue weighted by molar-refractivity contribution is -0.440. The van der Waals surface area contributed by atoms with Crippen LogP contribution in [0, 0.1) is 0 Å². The summed E-state index contributed by atoms with van der Waals surface area (Å²) in [5.74, 6) is -55.1. The fraction of sp³-hybridized carbons (Fsp3) is 0.750. The number of alkyl halides is 13. The number of carbonyl (C=O) groups excluding carboxylic acids is 11. The highest BCUT2D eigenvalue weighted by Crippen LogP contribution is 2.60. The lowest BCUT2D eigenvalue weighted by Crippen LogP contribution is -2.70. The summed E-state index contributed by atoms with van der Waals surface area (Å²) in [7, 11) is 0. The van der Waals surface area contributed by atoms with E-state index in [2.05, 4.69) is 0 Å². The Balaban J connectivity index is 4.27. The summed E-state index contributed by atoms with van der Waals surface area (Å²) >= 11 is 0. The molecule has 37 heteroatoms. The van der Waals surface area contributed by atoms with Crippen molar-refractivity contribution in [2.24, 2.45) is 0 Å². The van der Waals surface area contributed by atoms with Crippen molar-refractivity contribution in [3.05, 3.63) is 0 Å². The van der Waals surface area contributed by atoms with Crippen molar-refractivity contribution in [1.82, 2.24) is 10.6 Å². The first-order valence-electron chi connectivity index (χ1n) is 22.9. The molecule has 0 aliphatic carbocycles. The standard InChI is InChI=1S/C44H55F13N2O22/c1-17(60)71-15-26(73-19(3)62)30(80-37-34(78-24(8)67)32(76-22(6)65)29(74-20(4)63)27(79-37)16-72-18(2)61)31(75-21(5)64)33(77-23(7)66)36(70)59-25(14-28(68)81-38(9,10)11)35(69)58-13-12-39(45,46)40(47,48)41(49,50)42(51,52)43(53,54)44(55,56)57/h25-27,29-34,37H,12-16H2,1-11H3,(H,58,69)(H,59,70)/t25-,26+,27+,29-,30+,31-,32-,33+,34+,37-/m0/s1. The number of amides is 2. The predicted octanol–water partition coefficient (Wildman–Crippen LogP) is 3.27. The van der Waals surface area contributed by atoms with E-state index in [9.17, 15) is 110 Å². The minimum absolute atomic E-state index is 0.535. The Bertz CT molecular complexity index is 2320. The lowest BCUT2D eigenvalue weighted by Gasteiger charge is -2.46. The third-order valence-electron chi connectivity index (χ3n) is 10.0. The quantitative estimate of drug-likeness (QED) is 0.0677. The summed E-state index contributed by atoms with van der Waals surface area (Å²) in [6.45, 7) is 5.01. The molecule has 0 aromatic carbocycles. The monoisotopic (exact) mass is 1210 g/mol. The number of carbonyl (C=O) groups is 11. The van der Waals surface area contributed by atoms with Gasteiger partial charge in [-0.25, -0.2) is 0 Å². The zero-order valence-corrected chi connectivity index (χ0v) is 44.2. The summed E-state index contributed by atoms with van der Waals surface area (Å²) in [6, 6.07) is -2.72. The third kappa shape index (κ3) is 20.0. The van der Waals surface area contributed by atoms with Gasteiger partial charge in [0.05, 0.1) is 6.42 Å². The number of halogens is 13. The molecule has 1 saturated heterocycles. The molecule has 0 aromatic heterocycles. The molecule has 464 valence electrons. The average Bonchev–Trinajstić information content (AvgIpc) is 3.26. The van der Waals surface area contributed by atoms with Gasteiger partial charge < -0.3 is 62.7 Å². The molecule has 81 heavy (non-hydrogen) atoms. The molecule has 0 aromatic rings. The smallest absolute Gasteiger partial charge is 0.460 e. The van der Waals surface area contributed by atoms with E-state index in [1.54, 1.807) is 5.32 Å². The van der Waals surface area contributed by atoms with Crippen molar-refractivity contribution in [3.63, 3.8) is 0 Å². The second-order valence-electron chi connectivity index (χ2n) is 18.1. The Morgan fingerprint density at radius 3 is 1.43 bits per heavy atom. The molecule has 0 spiro atoms. The number of ether oxygens (including phenoxy) is 11. The van der Waals surface area contributed by atoms with E-state index in [-0.39, 0.29) is 0 Å². The van der Waals surface area contributed by atoms with Crippen molar-refractivity contribution in [2.45, 2.75) is 192 Å². The van der Waals surface area contributed by atoms with Crippen molar-refractivity contribution >= 4 is 65.5 Å². The fourth-order valence-corrected chi connectivity index (χ4v) is 6.82. The molecule has 1 rings (SSSR count). The molecule has 10 atom stereocenters. The number of rotatable bonds is 27. The van der Waals surface area contributed by atoms with Crippen LogP contribution in [0.3, 0.4) is 0 Å². The van der Waals surface area contributed by atoms with Crippen LogP contribution in [-0.2, 0) is 105 Å². The van der Waals surface area contributed by atoms with E-state index < -0.39 is 201 Å². The highest BCUT2D eigenvalue weighted by molar-refractivity contribution is 5.93. The van der Waals surface area contributed by atoms with Crippen LogP contribution in [0.5, 0.6) is 0 Å². The van der Waals surface area contributed by atoms with E-state index in [1.807, 2.05) is 0 Å². The van der Waals surface area contributed by atoms with E-state index in [4.69, 9.17) is 52.1 Å². The predicted molar refractivity (Wildman–Crippen MR) is 231 cm³/mol. The van der Waals surface area contributed by atoms with Gasteiger partial charge in [0.1, 0.15) is 37.1 Å². The van der Waals surface area contributed by atoms with E-state index >= 15 is 0 Å². The van der Waals surface area contributed by atoms with Gasteiger partial charge in [0, 0.05) is 68.4 Å². The lowest BCUT2D eigenvalue weighted by atomic mass is 9.92. The Morgan fingerprint density at radius 1 is 0.519 bits per heavy atom. The Kier molecular flexibility index (Phi) is 25.2. The third-order valence-corrected chi connectivity index (χ3v) is 10.0.